The molecule has 0 atom stereocenters. The Hall–Kier alpha value is -3.11. The van der Waals surface area contributed by atoms with E-state index in [0.717, 1.165) is 18.4 Å². The zero-order chi connectivity index (χ0) is 21.6. The number of para-hydroxylation sites is 1. The topological polar surface area (TPSA) is 121 Å². The van der Waals surface area contributed by atoms with E-state index in [2.05, 4.69) is 27.5 Å². The zero-order valence-electron chi connectivity index (χ0n) is 16.7. The monoisotopic (exact) mass is 431 g/mol. The average Bonchev–Trinajstić information content (AvgIpc) is 3.42. The molecule has 1 aromatic heterocycles. The summed E-state index contributed by atoms with van der Waals surface area (Å²) < 4.78 is 31.8. The van der Waals surface area contributed by atoms with Gasteiger partial charge >= 0.3 is 0 Å². The fourth-order valence-electron chi connectivity index (χ4n) is 3.02. The van der Waals surface area contributed by atoms with Crippen molar-refractivity contribution in [2.24, 2.45) is 0 Å². The van der Waals surface area contributed by atoms with Crippen LogP contribution in [0.2, 0.25) is 0 Å². The van der Waals surface area contributed by atoms with Crippen LogP contribution in [-0.2, 0) is 10.0 Å². The van der Waals surface area contributed by atoms with Crippen LogP contribution in [0.4, 0.5) is 17.3 Å². The first-order chi connectivity index (χ1) is 14.5. The fraction of sp³-hybridized carbons (Fsp3) is 0.300. The maximum atomic E-state index is 12.8. The highest BCUT2D eigenvalue weighted by molar-refractivity contribution is 7.89. The third-order valence-electron chi connectivity index (χ3n) is 4.65. The van der Waals surface area contributed by atoms with Crippen LogP contribution in [0.5, 0.6) is 5.75 Å². The van der Waals surface area contributed by atoms with E-state index >= 15 is 0 Å². The zero-order valence-corrected chi connectivity index (χ0v) is 17.5. The Bertz CT molecular complexity index is 1050. The van der Waals surface area contributed by atoms with Crippen LogP contribution in [-0.4, -0.2) is 47.8 Å². The summed E-state index contributed by atoms with van der Waals surface area (Å²) in [5.74, 6) is 0.156. The standard InChI is InChI=1S/C20H25N5O4S/c1-3-5-9-15(4-2)14-21-19-20(24-29-23-19)22-16-10-8-11-17(18(16)26)30(27,28)25-12-6-7-13-25/h3-5,8-11,26H,2,6-7,12-14H2,1H3,(H,21,23)(H,22,24)/b5-3-,15-9+. The number of rotatable bonds is 9. The third kappa shape index (κ3) is 4.71. The SMILES string of the molecule is C=C/C(=C\C=C/C)CNc1nonc1Nc1cccc(S(=O)(=O)N2CCCC2)c1O. The summed E-state index contributed by atoms with van der Waals surface area (Å²) in [6.07, 6.45) is 9.04. The molecule has 30 heavy (non-hydrogen) atoms. The molecule has 0 radical (unpaired) electrons. The molecule has 1 aliphatic rings. The van der Waals surface area contributed by atoms with Gasteiger partial charge in [0, 0.05) is 19.6 Å². The van der Waals surface area contributed by atoms with Crippen molar-refractivity contribution < 1.29 is 18.2 Å². The maximum Gasteiger partial charge on any atom is 0.246 e. The molecule has 10 heteroatoms. The van der Waals surface area contributed by atoms with Crippen LogP contribution in [0.25, 0.3) is 0 Å². The molecular formula is C20H25N5O4S. The average molecular weight is 432 g/mol. The van der Waals surface area contributed by atoms with Crippen molar-refractivity contribution in [2.75, 3.05) is 30.3 Å². The van der Waals surface area contributed by atoms with E-state index in [1.54, 1.807) is 18.2 Å². The Morgan fingerprint density at radius 2 is 2.03 bits per heavy atom. The van der Waals surface area contributed by atoms with Crippen molar-refractivity contribution in [3.8, 4) is 5.75 Å². The number of nitrogens with zero attached hydrogens (tertiary/aromatic N) is 3. The van der Waals surface area contributed by atoms with Gasteiger partial charge in [0.25, 0.3) is 0 Å². The highest BCUT2D eigenvalue weighted by atomic mass is 32.2. The van der Waals surface area contributed by atoms with Crippen molar-refractivity contribution in [3.63, 3.8) is 0 Å². The van der Waals surface area contributed by atoms with Crippen molar-refractivity contribution in [1.29, 1.82) is 0 Å². The van der Waals surface area contributed by atoms with E-state index in [4.69, 9.17) is 4.63 Å². The summed E-state index contributed by atoms with van der Waals surface area (Å²) in [5.41, 5.74) is 1.10. The molecule has 0 bridgehead atoms. The Morgan fingerprint density at radius 1 is 1.30 bits per heavy atom. The van der Waals surface area contributed by atoms with Crippen molar-refractivity contribution in [1.82, 2.24) is 14.6 Å². The number of benzene rings is 1. The molecular weight excluding hydrogens is 406 g/mol. The second kappa shape index (κ2) is 9.59. The minimum atomic E-state index is -3.77. The number of anilines is 3. The van der Waals surface area contributed by atoms with Crippen LogP contribution >= 0.6 is 0 Å². The van der Waals surface area contributed by atoms with Gasteiger partial charge in [0.05, 0.1) is 5.69 Å². The second-order valence-electron chi connectivity index (χ2n) is 6.67. The number of nitrogens with one attached hydrogen (secondary N) is 2. The first-order valence-corrected chi connectivity index (χ1v) is 11.0. The van der Waals surface area contributed by atoms with Crippen LogP contribution in [0.15, 0.2) is 64.2 Å². The van der Waals surface area contributed by atoms with Gasteiger partial charge in [-0.15, -0.1) is 0 Å². The first-order valence-electron chi connectivity index (χ1n) is 9.57. The molecule has 9 nitrogen and oxygen atoms in total. The summed E-state index contributed by atoms with van der Waals surface area (Å²) in [5, 5.41) is 24.2. The number of aromatic nitrogens is 2. The summed E-state index contributed by atoms with van der Waals surface area (Å²) >= 11 is 0. The van der Waals surface area contributed by atoms with Crippen LogP contribution in [0, 0.1) is 0 Å². The number of aromatic hydroxyl groups is 1. The first kappa shape index (κ1) is 21.6. The minimum absolute atomic E-state index is 0.149. The summed E-state index contributed by atoms with van der Waals surface area (Å²) in [6.45, 7) is 7.01. The van der Waals surface area contributed by atoms with E-state index in [1.165, 1.54) is 10.4 Å². The van der Waals surface area contributed by atoms with Crippen molar-refractivity contribution in [3.05, 3.63) is 54.7 Å². The number of sulfonamides is 1. The van der Waals surface area contributed by atoms with Crippen LogP contribution < -0.4 is 10.6 Å². The number of allylic oxidation sites excluding steroid dienone is 3. The predicted molar refractivity (Wildman–Crippen MR) is 115 cm³/mol. The summed E-state index contributed by atoms with van der Waals surface area (Å²) in [4.78, 5) is -0.149. The quantitative estimate of drug-likeness (QED) is 0.408. The fourth-order valence-corrected chi connectivity index (χ4v) is 4.64. The third-order valence-corrected chi connectivity index (χ3v) is 6.58. The molecule has 1 saturated heterocycles. The highest BCUT2D eigenvalue weighted by Gasteiger charge is 2.30. The molecule has 1 fully saturated rings. The molecule has 3 rings (SSSR count). The molecule has 0 saturated carbocycles. The number of phenols is 1. The molecule has 2 heterocycles. The smallest absolute Gasteiger partial charge is 0.246 e. The molecule has 3 N–H and O–H groups in total. The lowest BCUT2D eigenvalue weighted by Crippen LogP contribution is -2.28. The molecule has 0 aliphatic carbocycles. The number of hydrogen-bond donors (Lipinski definition) is 3. The van der Waals surface area contributed by atoms with E-state index in [0.29, 0.717) is 25.5 Å². The van der Waals surface area contributed by atoms with Crippen LogP contribution in [0.3, 0.4) is 0 Å². The molecule has 1 aromatic carbocycles. The van der Waals surface area contributed by atoms with Crippen molar-refractivity contribution in [2.45, 2.75) is 24.7 Å². The van der Waals surface area contributed by atoms with E-state index in [1.807, 2.05) is 25.2 Å². The molecule has 0 spiro atoms. The summed E-state index contributed by atoms with van der Waals surface area (Å²) in [7, 11) is -3.77. The van der Waals surface area contributed by atoms with Gasteiger partial charge in [-0.25, -0.2) is 13.0 Å². The largest absolute Gasteiger partial charge is 0.504 e. The molecule has 160 valence electrons. The molecule has 1 aliphatic heterocycles. The second-order valence-corrected chi connectivity index (χ2v) is 8.58. The van der Waals surface area contributed by atoms with Gasteiger partial charge in [0.1, 0.15) is 4.90 Å². The lowest BCUT2D eigenvalue weighted by molar-refractivity contribution is 0.310. The van der Waals surface area contributed by atoms with Gasteiger partial charge in [-0.2, -0.15) is 4.31 Å². The number of hydrogen-bond acceptors (Lipinski definition) is 8. The van der Waals surface area contributed by atoms with Crippen LogP contribution in [0.1, 0.15) is 19.8 Å². The Labute approximate surface area is 175 Å². The molecule has 2 aromatic rings. The highest BCUT2D eigenvalue weighted by Crippen LogP contribution is 2.36. The molecule has 0 amide bonds. The van der Waals surface area contributed by atoms with Gasteiger partial charge in [-0.3, -0.25) is 0 Å². The molecule has 0 unspecified atom stereocenters. The predicted octanol–water partition coefficient (Wildman–Crippen LogP) is 3.40. The van der Waals surface area contributed by atoms with E-state index in [-0.39, 0.29) is 22.2 Å². The number of phenolic OH excluding ortho intramolecular Hbond substituents is 1. The van der Waals surface area contributed by atoms with Gasteiger partial charge in [-0.1, -0.05) is 36.9 Å². The van der Waals surface area contributed by atoms with Crippen molar-refractivity contribution >= 4 is 27.3 Å². The Morgan fingerprint density at radius 3 is 2.73 bits per heavy atom. The lowest BCUT2D eigenvalue weighted by atomic mass is 10.2. The van der Waals surface area contributed by atoms with Gasteiger partial charge in [-0.05, 0) is 47.8 Å². The van der Waals surface area contributed by atoms with Gasteiger partial charge < -0.3 is 15.7 Å². The lowest BCUT2D eigenvalue weighted by Gasteiger charge is -2.17. The normalized spacial score (nSPS) is 15.6. The van der Waals surface area contributed by atoms with E-state index < -0.39 is 10.0 Å². The van der Waals surface area contributed by atoms with E-state index in [9.17, 15) is 13.5 Å². The summed E-state index contributed by atoms with van der Waals surface area (Å²) in [6, 6.07) is 4.50. The van der Waals surface area contributed by atoms with Gasteiger partial charge in [0.2, 0.25) is 21.7 Å². The van der Waals surface area contributed by atoms with Gasteiger partial charge in [0.15, 0.2) is 5.75 Å². The maximum absolute atomic E-state index is 12.8. The minimum Gasteiger partial charge on any atom is -0.504 e. The Kier molecular flexibility index (Phi) is 6.91. The Balaban J connectivity index is 1.80.